The maximum Gasteiger partial charge on any atom is 0.325 e. The van der Waals surface area contributed by atoms with Crippen molar-refractivity contribution in [1.29, 1.82) is 5.26 Å². The molecule has 3 heterocycles. The molecule has 1 atom stereocenters. The fraction of sp³-hybridized carbons (Fsp3) is 0.192. The molecule has 1 aliphatic heterocycles. The van der Waals surface area contributed by atoms with E-state index >= 15 is 0 Å². The summed E-state index contributed by atoms with van der Waals surface area (Å²) < 4.78 is 0. The highest BCUT2D eigenvalue weighted by Crippen LogP contribution is 2.38. The van der Waals surface area contributed by atoms with Crippen molar-refractivity contribution in [3.05, 3.63) is 84.1 Å². The zero-order valence-electron chi connectivity index (χ0n) is 18.0. The Morgan fingerprint density at radius 2 is 1.73 bits per heavy atom. The average molecular weight is 438 g/mol. The molecule has 1 saturated heterocycles. The molecule has 0 bridgehead atoms. The van der Waals surface area contributed by atoms with Crippen LogP contribution in [0.5, 0.6) is 0 Å². The number of piperazine rings is 1. The quantitative estimate of drug-likeness (QED) is 0.489. The molecule has 4 aromatic rings. The van der Waals surface area contributed by atoms with E-state index in [9.17, 15) is 15.2 Å². The van der Waals surface area contributed by atoms with E-state index in [0.29, 0.717) is 37.6 Å². The molecule has 7 nitrogen and oxygen atoms in total. The van der Waals surface area contributed by atoms with Crippen LogP contribution in [0.4, 0.5) is 5.82 Å². The number of pyridine rings is 1. The summed E-state index contributed by atoms with van der Waals surface area (Å²) in [6, 6.07) is 22.6. The summed E-state index contributed by atoms with van der Waals surface area (Å²) in [4.78, 5) is 24.6. The van der Waals surface area contributed by atoms with Crippen LogP contribution < -0.4 is 4.90 Å². The van der Waals surface area contributed by atoms with Gasteiger partial charge in [0.2, 0.25) is 0 Å². The number of benzene rings is 2. The lowest BCUT2D eigenvalue weighted by Crippen LogP contribution is -2.49. The van der Waals surface area contributed by atoms with Crippen LogP contribution in [0.2, 0.25) is 0 Å². The first-order valence-electron chi connectivity index (χ1n) is 10.9. The van der Waals surface area contributed by atoms with Gasteiger partial charge in [-0.25, -0.2) is 4.98 Å². The third kappa shape index (κ3) is 3.81. The number of hydrogen-bond acceptors (Lipinski definition) is 5. The molecule has 0 amide bonds. The molecule has 33 heavy (non-hydrogen) atoms. The molecule has 2 N–H and O–H groups in total. The Bertz CT molecular complexity index is 1330. The molecule has 1 unspecified atom stereocenters. The molecule has 1 fully saturated rings. The Morgan fingerprint density at radius 3 is 2.45 bits per heavy atom. The van der Waals surface area contributed by atoms with E-state index < -0.39 is 12.0 Å². The number of nitrogens with one attached hydrogen (secondary N) is 1. The second-order valence-corrected chi connectivity index (χ2v) is 8.08. The molecular weight excluding hydrogens is 414 g/mol. The van der Waals surface area contributed by atoms with E-state index in [0.717, 1.165) is 27.7 Å². The molecule has 1 aliphatic rings. The Kier molecular flexibility index (Phi) is 5.51. The number of carboxylic acid groups (broad SMARTS) is 1. The van der Waals surface area contributed by atoms with Crippen LogP contribution in [0.1, 0.15) is 17.2 Å². The molecule has 7 heteroatoms. The Labute approximate surface area is 191 Å². The fourth-order valence-electron chi connectivity index (χ4n) is 4.67. The number of carboxylic acids is 1. The number of anilines is 1. The number of rotatable bonds is 5. The van der Waals surface area contributed by atoms with Gasteiger partial charge in [0, 0.05) is 48.8 Å². The summed E-state index contributed by atoms with van der Waals surface area (Å²) in [5.41, 5.74) is 4.03. The van der Waals surface area contributed by atoms with Gasteiger partial charge in [0.25, 0.3) is 0 Å². The minimum absolute atomic E-state index is 0.531. The van der Waals surface area contributed by atoms with E-state index in [1.165, 1.54) is 0 Å². The highest BCUT2D eigenvalue weighted by Gasteiger charge is 2.35. The summed E-state index contributed by atoms with van der Waals surface area (Å²) in [6.07, 6.45) is 1.68. The molecule has 2 aromatic heterocycles. The third-order valence-corrected chi connectivity index (χ3v) is 6.20. The molecular formula is C26H23N5O2. The monoisotopic (exact) mass is 437 g/mol. The van der Waals surface area contributed by atoms with Crippen LogP contribution in [0.25, 0.3) is 22.2 Å². The minimum atomic E-state index is -0.874. The molecule has 0 radical (unpaired) electrons. The van der Waals surface area contributed by atoms with Gasteiger partial charge in [-0.3, -0.25) is 9.69 Å². The van der Waals surface area contributed by atoms with Gasteiger partial charge in [0.15, 0.2) is 0 Å². The largest absolute Gasteiger partial charge is 0.480 e. The average Bonchev–Trinajstić information content (AvgIpc) is 3.24. The number of para-hydroxylation sites is 1. The predicted octanol–water partition coefficient (Wildman–Crippen LogP) is 4.05. The number of hydrogen-bond donors (Lipinski definition) is 2. The van der Waals surface area contributed by atoms with E-state index in [1.807, 2.05) is 59.5 Å². The van der Waals surface area contributed by atoms with Crippen molar-refractivity contribution in [2.45, 2.75) is 6.04 Å². The highest BCUT2D eigenvalue weighted by atomic mass is 16.4. The first kappa shape index (κ1) is 20.7. The van der Waals surface area contributed by atoms with Crippen molar-refractivity contribution in [2.75, 3.05) is 31.1 Å². The second kappa shape index (κ2) is 8.77. The van der Waals surface area contributed by atoms with E-state index in [-0.39, 0.29) is 0 Å². The van der Waals surface area contributed by atoms with Gasteiger partial charge in [-0.05, 0) is 23.8 Å². The Morgan fingerprint density at radius 1 is 1.00 bits per heavy atom. The van der Waals surface area contributed by atoms with Gasteiger partial charge >= 0.3 is 5.97 Å². The van der Waals surface area contributed by atoms with Crippen molar-refractivity contribution < 1.29 is 9.90 Å². The summed E-state index contributed by atoms with van der Waals surface area (Å²) in [7, 11) is 0. The zero-order valence-corrected chi connectivity index (χ0v) is 18.0. The molecule has 5 rings (SSSR count). The maximum absolute atomic E-state index is 12.7. The molecule has 0 spiro atoms. The Balaban J connectivity index is 1.51. The standard InChI is InChI=1S/C26H23N5O2/c27-17-19-9-6-12-28-25(19)31-15-13-30(14-16-31)24(26(32)33)22-20-10-4-5-11-21(20)29-23(22)18-7-2-1-3-8-18/h1-12,24,29H,13-16H2,(H,32,33). The third-order valence-electron chi connectivity index (χ3n) is 6.20. The number of nitriles is 1. The van der Waals surface area contributed by atoms with E-state index in [4.69, 9.17) is 0 Å². The van der Waals surface area contributed by atoms with Crippen LogP contribution >= 0.6 is 0 Å². The fourth-order valence-corrected chi connectivity index (χ4v) is 4.67. The number of aliphatic carboxylic acids is 1. The SMILES string of the molecule is N#Cc1cccnc1N1CCN(C(C(=O)O)c2c(-c3ccccc3)[nH]c3ccccc23)CC1. The van der Waals surface area contributed by atoms with Gasteiger partial charge in [0.05, 0.1) is 11.3 Å². The zero-order chi connectivity index (χ0) is 22.8. The lowest BCUT2D eigenvalue weighted by Gasteiger charge is -2.38. The van der Waals surface area contributed by atoms with Crippen molar-refractivity contribution in [3.63, 3.8) is 0 Å². The van der Waals surface area contributed by atoms with Crippen LogP contribution in [-0.4, -0.2) is 52.1 Å². The van der Waals surface area contributed by atoms with Crippen LogP contribution in [0.15, 0.2) is 72.9 Å². The number of carbonyl (C=O) groups is 1. The van der Waals surface area contributed by atoms with Crippen molar-refractivity contribution in [3.8, 4) is 17.3 Å². The summed E-state index contributed by atoms with van der Waals surface area (Å²) >= 11 is 0. The van der Waals surface area contributed by atoms with Crippen LogP contribution in [-0.2, 0) is 4.79 Å². The number of aromatic nitrogens is 2. The van der Waals surface area contributed by atoms with Crippen molar-refractivity contribution >= 4 is 22.7 Å². The summed E-state index contributed by atoms with van der Waals surface area (Å²) in [6.45, 7) is 2.29. The van der Waals surface area contributed by atoms with E-state index in [1.54, 1.807) is 18.3 Å². The smallest absolute Gasteiger partial charge is 0.325 e. The normalized spacial score (nSPS) is 15.3. The number of H-pyrrole nitrogens is 1. The molecule has 0 aliphatic carbocycles. The van der Waals surface area contributed by atoms with Crippen LogP contribution in [0, 0.1) is 11.3 Å². The molecule has 2 aromatic carbocycles. The van der Waals surface area contributed by atoms with Crippen molar-refractivity contribution in [1.82, 2.24) is 14.9 Å². The summed E-state index contributed by atoms with van der Waals surface area (Å²) in [5.74, 6) is -0.218. The van der Waals surface area contributed by atoms with Gasteiger partial charge in [-0.15, -0.1) is 0 Å². The topological polar surface area (TPSA) is 96.2 Å². The lowest BCUT2D eigenvalue weighted by molar-refractivity contribution is -0.143. The first-order valence-corrected chi connectivity index (χ1v) is 10.9. The van der Waals surface area contributed by atoms with E-state index in [2.05, 4.69) is 20.9 Å². The molecule has 0 saturated carbocycles. The van der Waals surface area contributed by atoms with Gasteiger partial charge in [-0.1, -0.05) is 48.5 Å². The van der Waals surface area contributed by atoms with Crippen molar-refractivity contribution in [2.24, 2.45) is 0 Å². The van der Waals surface area contributed by atoms with Crippen LogP contribution in [0.3, 0.4) is 0 Å². The maximum atomic E-state index is 12.7. The molecule has 164 valence electrons. The number of fused-ring (bicyclic) bond motifs is 1. The van der Waals surface area contributed by atoms with Gasteiger partial charge in [0.1, 0.15) is 17.9 Å². The summed E-state index contributed by atoms with van der Waals surface area (Å²) in [5, 5.41) is 20.7. The lowest BCUT2D eigenvalue weighted by atomic mass is 9.97. The number of aromatic amines is 1. The second-order valence-electron chi connectivity index (χ2n) is 8.08. The minimum Gasteiger partial charge on any atom is -0.480 e. The van der Waals surface area contributed by atoms with Gasteiger partial charge in [-0.2, -0.15) is 5.26 Å². The highest BCUT2D eigenvalue weighted by molar-refractivity contribution is 5.95. The Hall–Kier alpha value is -4.15. The number of nitrogens with zero attached hydrogens (tertiary/aromatic N) is 4. The van der Waals surface area contributed by atoms with Gasteiger partial charge < -0.3 is 15.0 Å². The first-order chi connectivity index (χ1) is 16.2. The predicted molar refractivity (Wildman–Crippen MR) is 127 cm³/mol.